The molecule has 2 rings (SSSR count). The molecule has 0 aliphatic carbocycles. The number of amides is 2. The first-order valence-electron chi connectivity index (χ1n) is 6.23. The summed E-state index contributed by atoms with van der Waals surface area (Å²) in [5.74, 6) is -0.198. The van der Waals surface area contributed by atoms with Gasteiger partial charge >= 0.3 is 0 Å². The molecule has 1 aliphatic heterocycles. The number of nitrogens with two attached hydrogens (primary N) is 1. The number of carbonyl (C=O) groups excluding carboxylic acids is 2. The standard InChI is InChI=1S/C14H16N2O2S/c15-8-4-5-9-16-13(17)12(19-14(16)18)10-11-6-2-1-3-7-11/h1-3,6-7,10H,4-5,8-9,15H2. The fourth-order valence-corrected chi connectivity index (χ4v) is 2.67. The molecule has 1 saturated heterocycles. The van der Waals surface area contributed by atoms with Crippen molar-refractivity contribution in [1.82, 2.24) is 4.90 Å². The molecule has 0 radical (unpaired) electrons. The zero-order valence-electron chi connectivity index (χ0n) is 10.5. The van der Waals surface area contributed by atoms with E-state index >= 15 is 0 Å². The first-order valence-corrected chi connectivity index (χ1v) is 7.04. The van der Waals surface area contributed by atoms with Crippen molar-refractivity contribution in [3.8, 4) is 0 Å². The van der Waals surface area contributed by atoms with Gasteiger partial charge in [0.05, 0.1) is 4.91 Å². The van der Waals surface area contributed by atoms with Gasteiger partial charge in [0, 0.05) is 6.54 Å². The predicted octanol–water partition coefficient (Wildman–Crippen LogP) is 2.46. The van der Waals surface area contributed by atoms with E-state index in [2.05, 4.69) is 0 Å². The van der Waals surface area contributed by atoms with E-state index in [1.807, 2.05) is 30.3 Å². The fraction of sp³-hybridized carbons (Fsp3) is 0.286. The van der Waals surface area contributed by atoms with Crippen molar-refractivity contribution in [3.05, 3.63) is 40.8 Å². The molecule has 1 aliphatic rings. The van der Waals surface area contributed by atoms with Gasteiger partial charge in [-0.3, -0.25) is 14.5 Å². The van der Waals surface area contributed by atoms with Crippen LogP contribution in [-0.2, 0) is 4.79 Å². The Labute approximate surface area is 116 Å². The van der Waals surface area contributed by atoms with E-state index in [-0.39, 0.29) is 11.1 Å². The van der Waals surface area contributed by atoms with E-state index in [1.54, 1.807) is 6.08 Å². The molecule has 1 fully saturated rings. The van der Waals surface area contributed by atoms with Crippen LogP contribution in [0.5, 0.6) is 0 Å². The van der Waals surface area contributed by atoms with Crippen molar-refractivity contribution >= 4 is 29.0 Å². The third-order valence-electron chi connectivity index (χ3n) is 2.81. The van der Waals surface area contributed by atoms with Crippen LogP contribution in [0.4, 0.5) is 4.79 Å². The number of benzene rings is 1. The Kier molecular flexibility index (Phi) is 4.76. The summed E-state index contributed by atoms with van der Waals surface area (Å²) in [7, 11) is 0. The molecule has 0 saturated carbocycles. The van der Waals surface area contributed by atoms with Crippen LogP contribution < -0.4 is 5.73 Å². The van der Waals surface area contributed by atoms with E-state index in [9.17, 15) is 9.59 Å². The molecule has 0 atom stereocenters. The number of unbranched alkanes of at least 4 members (excludes halogenated alkanes) is 1. The van der Waals surface area contributed by atoms with Gasteiger partial charge in [-0.1, -0.05) is 30.3 Å². The Morgan fingerprint density at radius 1 is 1.16 bits per heavy atom. The summed E-state index contributed by atoms with van der Waals surface area (Å²) in [4.78, 5) is 25.7. The molecule has 0 aromatic heterocycles. The average molecular weight is 276 g/mol. The quantitative estimate of drug-likeness (QED) is 0.663. The van der Waals surface area contributed by atoms with Gasteiger partial charge < -0.3 is 5.73 Å². The lowest BCUT2D eigenvalue weighted by atomic mass is 10.2. The number of hydrogen-bond acceptors (Lipinski definition) is 4. The van der Waals surface area contributed by atoms with Crippen LogP contribution in [0.3, 0.4) is 0 Å². The first-order chi connectivity index (χ1) is 9.22. The smallest absolute Gasteiger partial charge is 0.293 e. The van der Waals surface area contributed by atoms with Crippen LogP contribution in [0.15, 0.2) is 35.2 Å². The average Bonchev–Trinajstić information content (AvgIpc) is 2.68. The zero-order valence-corrected chi connectivity index (χ0v) is 11.4. The molecule has 1 aromatic carbocycles. The van der Waals surface area contributed by atoms with Crippen molar-refractivity contribution in [2.75, 3.05) is 13.1 Å². The summed E-state index contributed by atoms with van der Waals surface area (Å²) in [6.45, 7) is 1.03. The summed E-state index contributed by atoms with van der Waals surface area (Å²) >= 11 is 1.00. The minimum atomic E-state index is -0.198. The van der Waals surface area contributed by atoms with Gasteiger partial charge in [0.25, 0.3) is 11.1 Å². The van der Waals surface area contributed by atoms with Crippen LogP contribution in [-0.4, -0.2) is 29.1 Å². The lowest BCUT2D eigenvalue weighted by molar-refractivity contribution is -0.122. The highest BCUT2D eigenvalue weighted by molar-refractivity contribution is 8.18. The molecule has 0 spiro atoms. The molecule has 5 heteroatoms. The van der Waals surface area contributed by atoms with E-state index in [0.29, 0.717) is 18.0 Å². The maximum absolute atomic E-state index is 12.1. The van der Waals surface area contributed by atoms with Gasteiger partial charge in [0.2, 0.25) is 0 Å². The SMILES string of the molecule is NCCCCN1C(=O)SC(=Cc2ccccc2)C1=O. The van der Waals surface area contributed by atoms with Crippen LogP contribution >= 0.6 is 11.8 Å². The molecule has 19 heavy (non-hydrogen) atoms. The summed E-state index contributed by atoms with van der Waals surface area (Å²) < 4.78 is 0. The Morgan fingerprint density at radius 3 is 2.58 bits per heavy atom. The highest BCUT2D eigenvalue weighted by Gasteiger charge is 2.34. The van der Waals surface area contributed by atoms with E-state index in [0.717, 1.165) is 30.2 Å². The lowest BCUT2D eigenvalue weighted by Crippen LogP contribution is -2.29. The summed E-state index contributed by atoms with van der Waals surface area (Å²) in [6, 6.07) is 9.52. The third-order valence-corrected chi connectivity index (χ3v) is 3.71. The molecular formula is C14H16N2O2S. The molecule has 4 nitrogen and oxygen atoms in total. The fourth-order valence-electron chi connectivity index (χ4n) is 1.81. The Hall–Kier alpha value is -1.59. The maximum Gasteiger partial charge on any atom is 0.293 e. The van der Waals surface area contributed by atoms with Gasteiger partial charge in [-0.25, -0.2) is 0 Å². The van der Waals surface area contributed by atoms with E-state index < -0.39 is 0 Å². The van der Waals surface area contributed by atoms with Gasteiger partial charge in [-0.2, -0.15) is 0 Å². The number of carbonyl (C=O) groups is 2. The second-order valence-electron chi connectivity index (χ2n) is 4.24. The lowest BCUT2D eigenvalue weighted by Gasteiger charge is -2.11. The number of nitrogens with zero attached hydrogens (tertiary/aromatic N) is 1. The first kappa shape index (κ1) is 13.8. The summed E-state index contributed by atoms with van der Waals surface area (Å²) in [5.41, 5.74) is 6.33. The van der Waals surface area contributed by atoms with E-state index in [4.69, 9.17) is 5.73 Å². The highest BCUT2D eigenvalue weighted by atomic mass is 32.2. The Morgan fingerprint density at radius 2 is 1.89 bits per heavy atom. The second-order valence-corrected chi connectivity index (χ2v) is 5.23. The van der Waals surface area contributed by atoms with Crippen molar-refractivity contribution in [3.63, 3.8) is 0 Å². The number of thioether (sulfide) groups is 1. The molecule has 2 amide bonds. The minimum Gasteiger partial charge on any atom is -0.330 e. The maximum atomic E-state index is 12.1. The van der Waals surface area contributed by atoms with Crippen molar-refractivity contribution in [1.29, 1.82) is 0 Å². The molecule has 0 bridgehead atoms. The van der Waals surface area contributed by atoms with Gasteiger partial charge in [0.15, 0.2) is 0 Å². The second kappa shape index (κ2) is 6.54. The summed E-state index contributed by atoms with van der Waals surface area (Å²) in [5, 5.41) is -0.191. The van der Waals surface area contributed by atoms with Crippen molar-refractivity contribution < 1.29 is 9.59 Å². The molecule has 0 unspecified atom stereocenters. The van der Waals surface area contributed by atoms with E-state index in [1.165, 1.54) is 4.90 Å². The monoisotopic (exact) mass is 276 g/mol. The van der Waals surface area contributed by atoms with Crippen molar-refractivity contribution in [2.24, 2.45) is 5.73 Å². The minimum absolute atomic E-state index is 0.191. The molecular weight excluding hydrogens is 260 g/mol. The van der Waals surface area contributed by atoms with Crippen LogP contribution in [0.1, 0.15) is 18.4 Å². The van der Waals surface area contributed by atoms with Gasteiger partial charge in [0.1, 0.15) is 0 Å². The normalized spacial score (nSPS) is 17.5. The van der Waals surface area contributed by atoms with Gasteiger partial charge in [-0.15, -0.1) is 0 Å². The largest absolute Gasteiger partial charge is 0.330 e. The highest BCUT2D eigenvalue weighted by Crippen LogP contribution is 2.32. The zero-order chi connectivity index (χ0) is 13.7. The van der Waals surface area contributed by atoms with Crippen LogP contribution in [0.25, 0.3) is 6.08 Å². The topological polar surface area (TPSA) is 63.4 Å². The molecule has 1 heterocycles. The van der Waals surface area contributed by atoms with Gasteiger partial charge in [-0.05, 0) is 42.8 Å². The number of imide groups is 1. The third kappa shape index (κ3) is 3.45. The Bertz CT molecular complexity index is 499. The number of hydrogen-bond donors (Lipinski definition) is 1. The predicted molar refractivity (Wildman–Crippen MR) is 77.4 cm³/mol. The molecule has 1 aromatic rings. The summed E-state index contributed by atoms with van der Waals surface area (Å²) in [6.07, 6.45) is 3.33. The van der Waals surface area contributed by atoms with Crippen LogP contribution in [0, 0.1) is 0 Å². The molecule has 2 N–H and O–H groups in total. The van der Waals surface area contributed by atoms with Crippen LogP contribution in [0.2, 0.25) is 0 Å². The Balaban J connectivity index is 2.07. The number of rotatable bonds is 5. The molecule has 100 valence electrons. The van der Waals surface area contributed by atoms with Crippen molar-refractivity contribution in [2.45, 2.75) is 12.8 Å².